The molecular formula is C21H26N3O3+. The van der Waals surface area contributed by atoms with Crippen molar-refractivity contribution in [1.29, 1.82) is 0 Å². The number of hydrogen-bond donors (Lipinski definition) is 1. The lowest BCUT2D eigenvalue weighted by molar-refractivity contribution is -0.697. The van der Waals surface area contributed by atoms with E-state index in [1.165, 1.54) is 11.6 Å². The van der Waals surface area contributed by atoms with Crippen molar-refractivity contribution < 1.29 is 18.9 Å². The lowest BCUT2D eigenvalue weighted by atomic mass is 10.2. The minimum absolute atomic E-state index is 0.400. The zero-order valence-electron chi connectivity index (χ0n) is 15.7. The summed E-state index contributed by atoms with van der Waals surface area (Å²) in [6, 6.07) is 10.9. The first-order valence-electron chi connectivity index (χ1n) is 9.31. The number of isocyanates is 1. The van der Waals surface area contributed by atoms with Crippen molar-refractivity contribution >= 4 is 23.5 Å². The predicted octanol–water partition coefficient (Wildman–Crippen LogP) is 4.31. The van der Waals surface area contributed by atoms with Gasteiger partial charge in [-0.3, -0.25) is 5.32 Å². The summed E-state index contributed by atoms with van der Waals surface area (Å²) >= 11 is 0. The van der Waals surface area contributed by atoms with Crippen LogP contribution in [0.15, 0.2) is 53.8 Å². The highest BCUT2D eigenvalue weighted by molar-refractivity contribution is 5.84. The lowest BCUT2D eigenvalue weighted by Gasteiger charge is -2.07. The van der Waals surface area contributed by atoms with E-state index in [1.54, 1.807) is 24.3 Å². The van der Waals surface area contributed by atoms with Gasteiger partial charge in [-0.2, -0.15) is 4.99 Å². The van der Waals surface area contributed by atoms with E-state index in [4.69, 9.17) is 4.74 Å². The molecule has 1 heterocycles. The topological polar surface area (TPSA) is 71.6 Å². The first-order valence-corrected chi connectivity index (χ1v) is 9.31. The number of aryl methyl sites for hydroxylation is 2. The van der Waals surface area contributed by atoms with Crippen LogP contribution < -0.4 is 9.88 Å². The molecule has 142 valence electrons. The second-order valence-electron chi connectivity index (χ2n) is 6.22. The first kappa shape index (κ1) is 20.3. The Morgan fingerprint density at radius 1 is 1.07 bits per heavy atom. The van der Waals surface area contributed by atoms with Crippen molar-refractivity contribution in [1.82, 2.24) is 0 Å². The minimum Gasteiger partial charge on any atom is -0.449 e. The maximum absolute atomic E-state index is 11.7. The van der Waals surface area contributed by atoms with Crippen LogP contribution in [0.25, 0.3) is 0 Å². The van der Waals surface area contributed by atoms with Gasteiger partial charge < -0.3 is 4.74 Å². The molecule has 1 aromatic heterocycles. The molecule has 0 aliphatic rings. The van der Waals surface area contributed by atoms with Crippen molar-refractivity contribution in [2.45, 2.75) is 45.6 Å². The van der Waals surface area contributed by atoms with E-state index in [0.29, 0.717) is 18.0 Å². The predicted molar refractivity (Wildman–Crippen MR) is 104 cm³/mol. The molecule has 1 amide bonds. The molecule has 0 atom stereocenters. The summed E-state index contributed by atoms with van der Waals surface area (Å²) in [6.45, 7) is 3.57. The Kier molecular flexibility index (Phi) is 8.74. The van der Waals surface area contributed by atoms with Crippen molar-refractivity contribution in [3.05, 3.63) is 54.4 Å². The van der Waals surface area contributed by atoms with E-state index in [0.717, 1.165) is 38.6 Å². The van der Waals surface area contributed by atoms with Crippen LogP contribution >= 0.6 is 0 Å². The number of carbonyl (C=O) groups excluding carboxylic acids is 2. The van der Waals surface area contributed by atoms with Crippen LogP contribution in [-0.2, 0) is 22.5 Å². The molecule has 1 aromatic carbocycles. The van der Waals surface area contributed by atoms with E-state index in [9.17, 15) is 9.59 Å². The fourth-order valence-electron chi connectivity index (χ4n) is 2.61. The standard InChI is InChI=1S/C21H25N3O3/c1-2-18-11-14-24(15-12-18)13-5-3-4-6-16-27-21(26)23-20-9-7-19(8-10-20)22-17-25/h7-12,14-15H,2-6,13,16H2,1H3/p+1. The molecule has 27 heavy (non-hydrogen) atoms. The van der Waals surface area contributed by atoms with Crippen molar-refractivity contribution in [3.63, 3.8) is 0 Å². The van der Waals surface area contributed by atoms with E-state index in [2.05, 4.69) is 46.3 Å². The minimum atomic E-state index is -0.479. The Labute approximate surface area is 159 Å². The Morgan fingerprint density at radius 3 is 2.44 bits per heavy atom. The van der Waals surface area contributed by atoms with E-state index >= 15 is 0 Å². The van der Waals surface area contributed by atoms with Crippen LogP contribution in [0, 0.1) is 0 Å². The van der Waals surface area contributed by atoms with E-state index < -0.39 is 6.09 Å². The van der Waals surface area contributed by atoms with Gasteiger partial charge in [0.25, 0.3) is 0 Å². The van der Waals surface area contributed by atoms with E-state index in [1.807, 2.05) is 0 Å². The van der Waals surface area contributed by atoms with Gasteiger partial charge in [0.1, 0.15) is 6.54 Å². The maximum atomic E-state index is 11.7. The summed E-state index contributed by atoms with van der Waals surface area (Å²) in [5.74, 6) is 0. The smallest absolute Gasteiger partial charge is 0.411 e. The van der Waals surface area contributed by atoms with E-state index in [-0.39, 0.29) is 0 Å². The molecule has 0 aliphatic heterocycles. The molecule has 6 nitrogen and oxygen atoms in total. The van der Waals surface area contributed by atoms with Crippen molar-refractivity contribution in [2.75, 3.05) is 11.9 Å². The summed E-state index contributed by atoms with van der Waals surface area (Å²) in [5.41, 5.74) is 2.44. The summed E-state index contributed by atoms with van der Waals surface area (Å²) in [7, 11) is 0. The number of anilines is 1. The Bertz CT molecular complexity index is 751. The van der Waals surface area contributed by atoms with Crippen LogP contribution in [0.3, 0.4) is 0 Å². The third-order valence-corrected chi connectivity index (χ3v) is 4.20. The number of ether oxygens (including phenoxy) is 1. The fourth-order valence-corrected chi connectivity index (χ4v) is 2.61. The average Bonchev–Trinajstić information content (AvgIpc) is 2.69. The largest absolute Gasteiger partial charge is 0.449 e. The van der Waals surface area contributed by atoms with Gasteiger partial charge in [-0.25, -0.2) is 14.2 Å². The Balaban J connectivity index is 1.54. The summed E-state index contributed by atoms with van der Waals surface area (Å²) in [5, 5.41) is 2.64. The monoisotopic (exact) mass is 368 g/mol. The highest BCUT2D eigenvalue weighted by Crippen LogP contribution is 2.15. The Hall–Kier alpha value is -2.98. The summed E-state index contributed by atoms with van der Waals surface area (Å²) < 4.78 is 7.38. The molecule has 0 saturated carbocycles. The molecule has 0 unspecified atom stereocenters. The van der Waals surface area contributed by atoms with Crippen molar-refractivity contribution in [3.8, 4) is 0 Å². The molecule has 0 bridgehead atoms. The number of aliphatic imine (C=N–C) groups is 1. The van der Waals surface area contributed by atoms with Gasteiger partial charge >= 0.3 is 6.09 Å². The lowest BCUT2D eigenvalue weighted by Crippen LogP contribution is -2.32. The molecule has 0 spiro atoms. The molecule has 0 aliphatic carbocycles. The van der Waals surface area contributed by atoms with Crippen LogP contribution in [0.2, 0.25) is 0 Å². The van der Waals surface area contributed by atoms with Crippen LogP contribution in [0.4, 0.5) is 16.2 Å². The zero-order chi connectivity index (χ0) is 19.3. The van der Waals surface area contributed by atoms with Gasteiger partial charge in [0, 0.05) is 24.2 Å². The number of benzene rings is 1. The number of rotatable bonds is 10. The molecular weight excluding hydrogens is 342 g/mol. The second kappa shape index (κ2) is 11.6. The number of pyridine rings is 1. The van der Waals surface area contributed by atoms with Crippen LogP contribution in [-0.4, -0.2) is 18.8 Å². The second-order valence-corrected chi connectivity index (χ2v) is 6.22. The van der Waals surface area contributed by atoms with Gasteiger partial charge in [-0.15, -0.1) is 0 Å². The molecule has 2 aromatic rings. The van der Waals surface area contributed by atoms with Crippen LogP contribution in [0.1, 0.15) is 38.2 Å². The average molecular weight is 368 g/mol. The summed E-state index contributed by atoms with van der Waals surface area (Å²) in [6.07, 6.45) is 10.4. The molecule has 6 heteroatoms. The zero-order valence-corrected chi connectivity index (χ0v) is 15.7. The molecule has 2 rings (SSSR count). The number of nitrogens with zero attached hydrogens (tertiary/aromatic N) is 2. The maximum Gasteiger partial charge on any atom is 0.411 e. The number of amides is 1. The van der Waals surface area contributed by atoms with Gasteiger partial charge in [0.05, 0.1) is 12.3 Å². The van der Waals surface area contributed by atoms with Gasteiger partial charge in [0.15, 0.2) is 12.4 Å². The number of unbranched alkanes of at least 4 members (excludes halogenated alkanes) is 3. The first-order chi connectivity index (χ1) is 13.2. The highest BCUT2D eigenvalue weighted by atomic mass is 16.5. The summed E-state index contributed by atoms with van der Waals surface area (Å²) in [4.78, 5) is 25.4. The van der Waals surface area contributed by atoms with Gasteiger partial charge in [0.2, 0.25) is 6.08 Å². The van der Waals surface area contributed by atoms with Gasteiger partial charge in [-0.05, 0) is 55.5 Å². The number of carbonyl (C=O) groups is 1. The Morgan fingerprint density at radius 2 is 1.78 bits per heavy atom. The highest BCUT2D eigenvalue weighted by Gasteiger charge is 2.04. The third-order valence-electron chi connectivity index (χ3n) is 4.20. The normalized spacial score (nSPS) is 10.1. The number of aromatic nitrogens is 1. The molecule has 0 fully saturated rings. The fraction of sp³-hybridized carbons (Fsp3) is 0.381. The molecule has 1 N–H and O–H groups in total. The third kappa shape index (κ3) is 7.84. The van der Waals surface area contributed by atoms with Crippen molar-refractivity contribution in [2.24, 2.45) is 4.99 Å². The molecule has 0 radical (unpaired) electrons. The van der Waals surface area contributed by atoms with Gasteiger partial charge in [-0.1, -0.05) is 6.92 Å². The SMILES string of the molecule is CCc1cc[n+](CCCCCCOC(=O)Nc2ccc(N=C=O)cc2)cc1. The number of hydrogen-bond acceptors (Lipinski definition) is 4. The van der Waals surface area contributed by atoms with Crippen LogP contribution in [0.5, 0.6) is 0 Å². The number of nitrogens with one attached hydrogen (secondary N) is 1. The quantitative estimate of drug-likeness (QED) is 0.294. The molecule has 0 saturated heterocycles.